The van der Waals surface area contributed by atoms with E-state index >= 15 is 0 Å². The first kappa shape index (κ1) is 14.0. The van der Waals surface area contributed by atoms with E-state index in [2.05, 4.69) is 0 Å². The van der Waals surface area contributed by atoms with Gasteiger partial charge in [0.1, 0.15) is 5.82 Å². The second-order valence-electron chi connectivity index (χ2n) is 4.85. The van der Waals surface area contributed by atoms with E-state index in [1.165, 1.54) is 18.2 Å². The van der Waals surface area contributed by atoms with Gasteiger partial charge >= 0.3 is 0 Å². The van der Waals surface area contributed by atoms with E-state index < -0.39 is 9.84 Å². The van der Waals surface area contributed by atoms with E-state index in [1.54, 1.807) is 0 Å². The lowest BCUT2D eigenvalue weighted by atomic mass is 10.1. The van der Waals surface area contributed by atoms with E-state index in [0.29, 0.717) is 24.2 Å². The maximum absolute atomic E-state index is 13.2. The van der Waals surface area contributed by atoms with E-state index in [4.69, 9.17) is 5.26 Å². The van der Waals surface area contributed by atoms with E-state index in [9.17, 15) is 12.8 Å². The molecule has 0 amide bonds. The summed E-state index contributed by atoms with van der Waals surface area (Å²) in [5, 5.41) is 9.00. The topological polar surface area (TPSA) is 61.2 Å². The van der Waals surface area contributed by atoms with E-state index in [-0.39, 0.29) is 23.4 Å². The number of hydrogen-bond donors (Lipinski definition) is 0. The van der Waals surface area contributed by atoms with Crippen molar-refractivity contribution in [2.45, 2.75) is 19.5 Å². The minimum absolute atomic E-state index is 0.115. The molecule has 1 heterocycles. The van der Waals surface area contributed by atoms with Crippen molar-refractivity contribution in [2.24, 2.45) is 0 Å². The quantitative estimate of drug-likeness (QED) is 0.820. The number of sulfone groups is 1. The van der Waals surface area contributed by atoms with Gasteiger partial charge in [-0.2, -0.15) is 5.26 Å². The van der Waals surface area contributed by atoms with Gasteiger partial charge in [0.2, 0.25) is 0 Å². The van der Waals surface area contributed by atoms with Crippen LogP contribution in [0.25, 0.3) is 0 Å². The highest BCUT2D eigenvalue weighted by Gasteiger charge is 2.28. The lowest BCUT2D eigenvalue weighted by molar-refractivity contribution is 0.217. The SMILES string of the molecule is CC1CS(=O)(=O)CCN1Cc1cc(F)ccc1C#N. The van der Waals surface area contributed by atoms with Crippen LogP contribution in [0, 0.1) is 17.1 Å². The first-order chi connectivity index (χ1) is 8.91. The summed E-state index contributed by atoms with van der Waals surface area (Å²) in [6, 6.07) is 5.97. The Morgan fingerprint density at radius 3 is 2.89 bits per heavy atom. The molecule has 1 unspecified atom stereocenters. The van der Waals surface area contributed by atoms with Gasteiger partial charge in [0.15, 0.2) is 9.84 Å². The van der Waals surface area contributed by atoms with Crippen molar-refractivity contribution in [1.29, 1.82) is 5.26 Å². The Bertz CT molecular complexity index is 622. The van der Waals surface area contributed by atoms with Crippen molar-refractivity contribution < 1.29 is 12.8 Å². The van der Waals surface area contributed by atoms with Crippen LogP contribution in [0.1, 0.15) is 18.1 Å². The van der Waals surface area contributed by atoms with Crippen LogP contribution in [0.4, 0.5) is 4.39 Å². The van der Waals surface area contributed by atoms with E-state index in [0.717, 1.165) is 0 Å². The van der Waals surface area contributed by atoms with Crippen molar-refractivity contribution in [3.63, 3.8) is 0 Å². The lowest BCUT2D eigenvalue weighted by Gasteiger charge is -2.33. The fraction of sp³-hybridized carbons (Fsp3) is 0.462. The average molecular weight is 282 g/mol. The molecule has 0 N–H and O–H groups in total. The molecule has 1 aliphatic rings. The summed E-state index contributed by atoms with van der Waals surface area (Å²) in [5.74, 6) is -0.148. The average Bonchev–Trinajstić information content (AvgIpc) is 2.32. The Morgan fingerprint density at radius 1 is 1.53 bits per heavy atom. The zero-order chi connectivity index (χ0) is 14.0. The predicted molar refractivity (Wildman–Crippen MR) is 69.6 cm³/mol. The third kappa shape index (κ3) is 3.31. The van der Waals surface area contributed by atoms with Crippen molar-refractivity contribution in [1.82, 2.24) is 4.90 Å². The molecule has 1 fully saturated rings. The molecule has 0 bridgehead atoms. The van der Waals surface area contributed by atoms with Crippen LogP contribution in [0.5, 0.6) is 0 Å². The van der Waals surface area contributed by atoms with Gasteiger partial charge in [-0.15, -0.1) is 0 Å². The van der Waals surface area contributed by atoms with Gasteiger partial charge in [-0.1, -0.05) is 0 Å². The second-order valence-corrected chi connectivity index (χ2v) is 7.08. The maximum Gasteiger partial charge on any atom is 0.153 e. The maximum atomic E-state index is 13.2. The molecular formula is C13H15FN2O2S. The third-order valence-corrected chi connectivity index (χ3v) is 5.16. The van der Waals surface area contributed by atoms with Crippen LogP contribution in [0.2, 0.25) is 0 Å². The number of nitrogens with zero attached hydrogens (tertiary/aromatic N) is 2. The van der Waals surface area contributed by atoms with Gasteiger partial charge < -0.3 is 0 Å². The number of benzene rings is 1. The zero-order valence-corrected chi connectivity index (χ0v) is 11.5. The molecule has 1 atom stereocenters. The molecule has 1 aromatic rings. The van der Waals surface area contributed by atoms with Crippen LogP contribution in [0.15, 0.2) is 18.2 Å². The third-order valence-electron chi connectivity index (χ3n) is 3.37. The highest BCUT2D eigenvalue weighted by molar-refractivity contribution is 7.91. The first-order valence-electron chi connectivity index (χ1n) is 6.04. The Balaban J connectivity index is 2.18. The monoisotopic (exact) mass is 282 g/mol. The van der Waals surface area contributed by atoms with Gasteiger partial charge in [-0.3, -0.25) is 4.90 Å². The largest absolute Gasteiger partial charge is 0.294 e. The predicted octanol–water partition coefficient (Wildman–Crippen LogP) is 1.32. The number of rotatable bonds is 2. The standard InChI is InChI=1S/C13H15FN2O2S/c1-10-9-19(17,18)5-4-16(10)8-12-6-13(14)3-2-11(12)7-15/h2-3,6,10H,4-5,8-9H2,1H3. The van der Waals surface area contributed by atoms with Gasteiger partial charge in [0.05, 0.1) is 23.1 Å². The normalized spacial score (nSPS) is 22.9. The van der Waals surface area contributed by atoms with Gasteiger partial charge in [0, 0.05) is 19.1 Å². The molecule has 0 radical (unpaired) electrons. The molecule has 6 heteroatoms. The van der Waals surface area contributed by atoms with Crippen molar-refractivity contribution in [3.05, 3.63) is 35.1 Å². The molecule has 102 valence electrons. The molecule has 4 nitrogen and oxygen atoms in total. The van der Waals surface area contributed by atoms with Crippen LogP contribution in [-0.2, 0) is 16.4 Å². The van der Waals surface area contributed by atoms with Crippen LogP contribution >= 0.6 is 0 Å². The molecule has 1 aliphatic heterocycles. The summed E-state index contributed by atoms with van der Waals surface area (Å²) < 4.78 is 36.2. The van der Waals surface area contributed by atoms with Gasteiger partial charge in [-0.25, -0.2) is 12.8 Å². The van der Waals surface area contributed by atoms with Crippen LogP contribution in [-0.4, -0.2) is 37.4 Å². The molecule has 0 spiro atoms. The van der Waals surface area contributed by atoms with E-state index in [1.807, 2.05) is 17.9 Å². The second kappa shape index (κ2) is 5.27. The summed E-state index contributed by atoms with van der Waals surface area (Å²) in [7, 11) is -2.96. The van der Waals surface area contributed by atoms with Crippen LogP contribution < -0.4 is 0 Å². The summed E-state index contributed by atoms with van der Waals surface area (Å²) in [5.41, 5.74) is 1.04. The Kier molecular flexibility index (Phi) is 3.88. The molecular weight excluding hydrogens is 267 g/mol. The summed E-state index contributed by atoms with van der Waals surface area (Å²) in [6.07, 6.45) is 0. The molecule has 0 aliphatic carbocycles. The molecule has 0 aromatic heterocycles. The lowest BCUT2D eigenvalue weighted by Crippen LogP contribution is -2.46. The molecule has 2 rings (SSSR count). The molecule has 1 saturated heterocycles. The first-order valence-corrected chi connectivity index (χ1v) is 7.86. The minimum Gasteiger partial charge on any atom is -0.294 e. The van der Waals surface area contributed by atoms with Crippen molar-refractivity contribution >= 4 is 9.84 Å². The Labute approximate surface area is 112 Å². The Morgan fingerprint density at radius 2 is 2.26 bits per heavy atom. The van der Waals surface area contributed by atoms with Crippen molar-refractivity contribution in [2.75, 3.05) is 18.1 Å². The highest BCUT2D eigenvalue weighted by atomic mass is 32.2. The van der Waals surface area contributed by atoms with Crippen molar-refractivity contribution in [3.8, 4) is 6.07 Å². The summed E-state index contributed by atoms with van der Waals surface area (Å²) in [4.78, 5) is 1.97. The fourth-order valence-electron chi connectivity index (χ4n) is 2.29. The molecule has 1 aromatic carbocycles. The zero-order valence-electron chi connectivity index (χ0n) is 10.6. The Hall–Kier alpha value is -1.45. The number of hydrogen-bond acceptors (Lipinski definition) is 4. The highest BCUT2D eigenvalue weighted by Crippen LogP contribution is 2.18. The molecule has 19 heavy (non-hydrogen) atoms. The fourth-order valence-corrected chi connectivity index (χ4v) is 3.91. The van der Waals surface area contributed by atoms with Crippen LogP contribution in [0.3, 0.4) is 0 Å². The number of halogens is 1. The van der Waals surface area contributed by atoms with Gasteiger partial charge in [-0.05, 0) is 30.7 Å². The summed E-state index contributed by atoms with van der Waals surface area (Å²) in [6.45, 7) is 2.66. The smallest absolute Gasteiger partial charge is 0.153 e. The summed E-state index contributed by atoms with van der Waals surface area (Å²) >= 11 is 0. The van der Waals surface area contributed by atoms with Gasteiger partial charge in [0.25, 0.3) is 0 Å². The minimum atomic E-state index is -2.96. The molecule has 0 saturated carbocycles. The number of nitriles is 1.